The second kappa shape index (κ2) is 10.5. The van der Waals surface area contributed by atoms with Crippen LogP contribution < -0.4 is 0 Å². The molecule has 2 N–H and O–H groups in total. The van der Waals surface area contributed by atoms with E-state index < -0.39 is 12.1 Å². The summed E-state index contributed by atoms with van der Waals surface area (Å²) in [7, 11) is 0. The number of aromatic carboxylic acids is 1. The number of hydrogen-bond donors (Lipinski definition) is 2. The van der Waals surface area contributed by atoms with Gasteiger partial charge in [-0.3, -0.25) is 4.79 Å². The maximum atomic E-state index is 11.6. The number of unbranched alkanes of at least 4 members (excludes halogenated alkanes) is 2. The average Bonchev–Trinajstić information content (AvgIpc) is 3.30. The van der Waals surface area contributed by atoms with E-state index in [1.54, 1.807) is 0 Å². The summed E-state index contributed by atoms with van der Waals surface area (Å²) in [4.78, 5) is 26.9. The fourth-order valence-electron chi connectivity index (χ4n) is 4.52. The molecule has 8 heteroatoms. The van der Waals surface area contributed by atoms with E-state index in [0.29, 0.717) is 11.4 Å². The lowest BCUT2D eigenvalue weighted by atomic mass is 9.86. The third-order valence-corrected chi connectivity index (χ3v) is 6.90. The number of fused-ring (bicyclic) bond motifs is 1. The number of carboxylic acid groups (broad SMARTS) is 1. The molecule has 0 spiro atoms. The number of esters is 1. The van der Waals surface area contributed by atoms with Crippen LogP contribution in [-0.4, -0.2) is 45.4 Å². The van der Waals surface area contributed by atoms with Gasteiger partial charge >= 0.3 is 11.9 Å². The van der Waals surface area contributed by atoms with Crippen molar-refractivity contribution in [2.45, 2.75) is 83.2 Å². The minimum Gasteiger partial charge on any atom is -0.476 e. The van der Waals surface area contributed by atoms with Crippen LogP contribution in [-0.2, 0) is 14.3 Å². The number of aliphatic hydroxyl groups excluding tert-OH is 1. The number of carboxylic acids is 1. The molecule has 1 aliphatic carbocycles. The first-order valence-corrected chi connectivity index (χ1v) is 11.6. The second-order valence-electron chi connectivity index (χ2n) is 8.19. The fraction of sp³-hybridized carbons (Fsp3) is 0.682. The highest BCUT2D eigenvalue weighted by Gasteiger charge is 2.48. The van der Waals surface area contributed by atoms with Gasteiger partial charge in [0.05, 0.1) is 12.2 Å². The summed E-state index contributed by atoms with van der Waals surface area (Å²) in [5.74, 6) is -1.15. The Morgan fingerprint density at radius 3 is 2.87 bits per heavy atom. The van der Waals surface area contributed by atoms with Crippen LogP contribution in [0.4, 0.5) is 0 Å². The zero-order chi connectivity index (χ0) is 21.7. The van der Waals surface area contributed by atoms with Crippen molar-refractivity contribution < 1.29 is 29.3 Å². The molecule has 2 heterocycles. The molecule has 0 amide bonds. The lowest BCUT2D eigenvalue weighted by Crippen LogP contribution is -2.30. The Bertz CT molecular complexity index is 763. The van der Waals surface area contributed by atoms with Gasteiger partial charge in [-0.05, 0) is 25.2 Å². The quantitative estimate of drug-likeness (QED) is 0.340. The summed E-state index contributed by atoms with van der Waals surface area (Å²) in [6.45, 7) is 3.55. The predicted octanol–water partition coefficient (Wildman–Crippen LogP) is 4.13. The number of carbonyl (C=O) groups is 2. The molecule has 0 radical (unpaired) electrons. The Balaban J connectivity index is 1.67. The van der Waals surface area contributed by atoms with Crippen molar-refractivity contribution in [1.29, 1.82) is 0 Å². The first-order chi connectivity index (χ1) is 14.4. The number of hydrogen-bond acceptors (Lipinski definition) is 7. The smallest absolute Gasteiger partial charge is 0.355 e. The molecule has 1 saturated carbocycles. The summed E-state index contributed by atoms with van der Waals surface area (Å²) in [5.41, 5.74) is 0.0443. The fourth-order valence-corrected chi connectivity index (χ4v) is 5.38. The Morgan fingerprint density at radius 1 is 1.40 bits per heavy atom. The third-order valence-electron chi connectivity index (χ3n) is 5.96. The number of carbonyl (C=O) groups excluding carboxylic acids is 1. The number of aliphatic hydroxyl groups is 1. The normalized spacial score (nSPS) is 29.6. The van der Waals surface area contributed by atoms with Crippen LogP contribution in [0, 0.1) is 11.8 Å². The van der Waals surface area contributed by atoms with Crippen molar-refractivity contribution in [3.8, 4) is 0 Å². The van der Waals surface area contributed by atoms with Crippen molar-refractivity contribution in [3.63, 3.8) is 0 Å². The van der Waals surface area contributed by atoms with Gasteiger partial charge in [0.25, 0.3) is 0 Å². The van der Waals surface area contributed by atoms with E-state index in [0.717, 1.165) is 38.5 Å². The molecular formula is C22H31NO6S. The van der Waals surface area contributed by atoms with E-state index in [1.165, 1.54) is 23.6 Å². The Hall–Kier alpha value is -1.77. The van der Waals surface area contributed by atoms with Gasteiger partial charge in [-0.15, -0.1) is 11.3 Å². The molecule has 1 aliphatic heterocycles. The summed E-state index contributed by atoms with van der Waals surface area (Å²) in [6, 6.07) is 0. The van der Waals surface area contributed by atoms with Crippen LogP contribution in [0.25, 0.3) is 0 Å². The van der Waals surface area contributed by atoms with E-state index >= 15 is 0 Å². The summed E-state index contributed by atoms with van der Waals surface area (Å²) < 4.78 is 11.9. The first kappa shape index (κ1) is 22.9. The van der Waals surface area contributed by atoms with Crippen LogP contribution in [0.5, 0.6) is 0 Å². The minimum absolute atomic E-state index is 0.00607. The predicted molar refractivity (Wildman–Crippen MR) is 112 cm³/mol. The topological polar surface area (TPSA) is 106 Å². The van der Waals surface area contributed by atoms with Crippen LogP contribution in [0.3, 0.4) is 0 Å². The van der Waals surface area contributed by atoms with Gasteiger partial charge in [-0.2, -0.15) is 0 Å². The van der Waals surface area contributed by atoms with E-state index in [-0.39, 0.29) is 41.8 Å². The SMILES string of the molecule is CCCCC[C@H](O)/C=C/[C@@H]1[C@H]2CC[C@H](c3nc(C(=O)O)cs3)O[C@H]2C[C@H]1OC(C)=O. The Labute approximate surface area is 181 Å². The molecule has 7 nitrogen and oxygen atoms in total. The number of rotatable bonds is 9. The maximum absolute atomic E-state index is 11.6. The summed E-state index contributed by atoms with van der Waals surface area (Å²) >= 11 is 1.31. The molecule has 0 unspecified atom stereocenters. The minimum atomic E-state index is -1.04. The van der Waals surface area contributed by atoms with E-state index in [2.05, 4.69) is 11.9 Å². The molecule has 1 aromatic rings. The number of ether oxygens (including phenoxy) is 2. The molecule has 1 saturated heterocycles. The van der Waals surface area contributed by atoms with Crippen molar-refractivity contribution >= 4 is 23.3 Å². The van der Waals surface area contributed by atoms with Crippen molar-refractivity contribution in [1.82, 2.24) is 4.98 Å². The van der Waals surface area contributed by atoms with E-state index in [9.17, 15) is 14.7 Å². The lowest BCUT2D eigenvalue weighted by Gasteiger charge is -2.33. The molecule has 2 aliphatic rings. The molecule has 166 valence electrons. The van der Waals surface area contributed by atoms with Gasteiger partial charge in [0, 0.05) is 24.6 Å². The number of nitrogens with zero attached hydrogens (tertiary/aromatic N) is 1. The number of aromatic nitrogens is 1. The van der Waals surface area contributed by atoms with Crippen LogP contribution in [0.1, 0.15) is 80.4 Å². The van der Waals surface area contributed by atoms with Gasteiger partial charge in [0.2, 0.25) is 0 Å². The van der Waals surface area contributed by atoms with Crippen molar-refractivity contribution in [2.24, 2.45) is 11.8 Å². The standard InChI is InChI=1S/C22H31NO6S/c1-3-4-5-6-14(25)7-8-15-16-9-10-18(21-23-17(12-30-21)22(26)27)29-20(16)11-19(15)28-13(2)24/h7-8,12,14-16,18-20,25H,3-6,9-11H2,1-2H3,(H,26,27)/b8-7+/t14-,15+,16+,18+,19+,20-/m0/s1. The largest absolute Gasteiger partial charge is 0.476 e. The highest BCUT2D eigenvalue weighted by atomic mass is 32.1. The van der Waals surface area contributed by atoms with E-state index in [4.69, 9.17) is 14.6 Å². The van der Waals surface area contributed by atoms with Gasteiger partial charge in [-0.25, -0.2) is 9.78 Å². The van der Waals surface area contributed by atoms with Gasteiger partial charge in [0.15, 0.2) is 5.69 Å². The molecule has 6 atom stereocenters. The summed E-state index contributed by atoms with van der Waals surface area (Å²) in [5, 5.41) is 21.6. The second-order valence-corrected chi connectivity index (χ2v) is 9.08. The Kier molecular flexibility index (Phi) is 8.02. The molecule has 30 heavy (non-hydrogen) atoms. The van der Waals surface area contributed by atoms with Gasteiger partial charge < -0.3 is 19.7 Å². The molecular weight excluding hydrogens is 406 g/mol. The monoisotopic (exact) mass is 437 g/mol. The van der Waals surface area contributed by atoms with Crippen molar-refractivity contribution in [2.75, 3.05) is 0 Å². The average molecular weight is 438 g/mol. The van der Waals surface area contributed by atoms with Crippen LogP contribution >= 0.6 is 11.3 Å². The van der Waals surface area contributed by atoms with E-state index in [1.807, 2.05) is 12.2 Å². The first-order valence-electron chi connectivity index (χ1n) is 10.8. The molecule has 2 fully saturated rings. The highest BCUT2D eigenvalue weighted by Crippen LogP contribution is 2.47. The zero-order valence-corrected chi connectivity index (χ0v) is 18.3. The molecule has 0 aromatic carbocycles. The van der Waals surface area contributed by atoms with Crippen molar-refractivity contribution in [3.05, 3.63) is 28.2 Å². The third kappa shape index (κ3) is 5.68. The summed E-state index contributed by atoms with van der Waals surface area (Å²) in [6.07, 6.45) is 8.90. The molecule has 0 bridgehead atoms. The van der Waals surface area contributed by atoms with Crippen LogP contribution in [0.15, 0.2) is 17.5 Å². The maximum Gasteiger partial charge on any atom is 0.355 e. The van der Waals surface area contributed by atoms with Gasteiger partial charge in [0.1, 0.15) is 17.2 Å². The Morgan fingerprint density at radius 2 is 2.20 bits per heavy atom. The number of thiazole rings is 1. The zero-order valence-electron chi connectivity index (χ0n) is 17.5. The van der Waals surface area contributed by atoms with Gasteiger partial charge in [-0.1, -0.05) is 38.3 Å². The molecule has 3 rings (SSSR count). The lowest BCUT2D eigenvalue weighted by molar-refractivity contribution is -0.147. The van der Waals surface area contributed by atoms with Crippen LogP contribution in [0.2, 0.25) is 0 Å². The highest BCUT2D eigenvalue weighted by molar-refractivity contribution is 7.09. The molecule has 1 aromatic heterocycles.